The Labute approximate surface area is 149 Å². The number of hydrogen-bond donors (Lipinski definition) is 0. The molecule has 0 fully saturated rings. The van der Waals surface area contributed by atoms with Crippen LogP contribution in [0.4, 0.5) is 0 Å². The molecule has 0 heterocycles. The number of fused-ring (bicyclic) bond motifs is 2. The lowest BCUT2D eigenvalue weighted by atomic mass is 9.98. The lowest BCUT2D eigenvalue weighted by molar-refractivity contribution is 0.230. The van der Waals surface area contributed by atoms with Crippen LogP contribution in [0.1, 0.15) is 36.1 Å². The van der Waals surface area contributed by atoms with E-state index in [1.54, 1.807) is 21.3 Å². The highest BCUT2D eigenvalue weighted by Crippen LogP contribution is 2.40. The summed E-state index contributed by atoms with van der Waals surface area (Å²) >= 11 is 0. The fourth-order valence-electron chi connectivity index (χ4n) is 3.14. The van der Waals surface area contributed by atoms with Crippen LogP contribution in [0.15, 0.2) is 24.3 Å². The van der Waals surface area contributed by atoms with Crippen LogP contribution in [0.3, 0.4) is 0 Å². The smallest absolute Gasteiger partial charge is 0.168 e. The van der Waals surface area contributed by atoms with Gasteiger partial charge in [0, 0.05) is 5.56 Å². The standard InChI is InChI=1S/C21H24O4/c1-13(2)25-20-11-14-6-8-17-15(10-16(14)12-19(20)23-4)7-9-18(22-3)21(17)24-5/h6-9,11-13H,10H2,1-5H3. The Hall–Kier alpha value is -2.62. The first kappa shape index (κ1) is 17.2. The summed E-state index contributed by atoms with van der Waals surface area (Å²) in [7, 11) is 4.99. The summed E-state index contributed by atoms with van der Waals surface area (Å²) < 4.78 is 22.4. The summed E-state index contributed by atoms with van der Waals surface area (Å²) in [5.74, 6) is 3.01. The monoisotopic (exact) mass is 340 g/mol. The minimum atomic E-state index is 0.0864. The second-order valence-corrected chi connectivity index (χ2v) is 6.25. The highest BCUT2D eigenvalue weighted by molar-refractivity contribution is 5.80. The maximum Gasteiger partial charge on any atom is 0.168 e. The molecule has 0 radical (unpaired) electrons. The molecule has 0 atom stereocenters. The van der Waals surface area contributed by atoms with Gasteiger partial charge in [-0.05, 0) is 55.2 Å². The number of methoxy groups -OCH3 is 3. The summed E-state index contributed by atoms with van der Waals surface area (Å²) in [6, 6.07) is 8.13. The molecule has 132 valence electrons. The van der Waals surface area contributed by atoms with Crippen molar-refractivity contribution < 1.29 is 18.9 Å². The van der Waals surface area contributed by atoms with Gasteiger partial charge in [-0.1, -0.05) is 18.2 Å². The van der Waals surface area contributed by atoms with Crippen LogP contribution in [-0.4, -0.2) is 27.4 Å². The zero-order valence-corrected chi connectivity index (χ0v) is 15.4. The molecule has 0 spiro atoms. The molecule has 4 nitrogen and oxygen atoms in total. The third-order valence-electron chi connectivity index (χ3n) is 4.27. The van der Waals surface area contributed by atoms with Crippen molar-refractivity contribution in [1.82, 2.24) is 0 Å². The third-order valence-corrected chi connectivity index (χ3v) is 4.27. The normalized spacial score (nSPS) is 12.2. The first-order valence-electron chi connectivity index (χ1n) is 8.36. The van der Waals surface area contributed by atoms with Crippen molar-refractivity contribution in [3.63, 3.8) is 0 Å². The SMILES string of the molecule is COc1cc2c(cc1OC(C)C)C=Cc1c(ccc(OC)c1OC)C2. The minimum Gasteiger partial charge on any atom is -0.493 e. The molecule has 25 heavy (non-hydrogen) atoms. The molecule has 4 heteroatoms. The van der Waals surface area contributed by atoms with Crippen molar-refractivity contribution >= 4 is 12.2 Å². The average Bonchev–Trinajstić information content (AvgIpc) is 2.78. The van der Waals surface area contributed by atoms with Gasteiger partial charge in [-0.15, -0.1) is 0 Å². The Balaban J connectivity index is 2.10. The Kier molecular flexibility index (Phi) is 4.88. The molecule has 3 rings (SSSR count). The van der Waals surface area contributed by atoms with E-state index in [1.165, 1.54) is 11.1 Å². The summed E-state index contributed by atoms with van der Waals surface area (Å²) in [5.41, 5.74) is 4.54. The van der Waals surface area contributed by atoms with E-state index < -0.39 is 0 Å². The van der Waals surface area contributed by atoms with Crippen LogP contribution in [0, 0.1) is 0 Å². The van der Waals surface area contributed by atoms with Gasteiger partial charge < -0.3 is 18.9 Å². The first-order chi connectivity index (χ1) is 12.1. The Morgan fingerprint density at radius 3 is 2.20 bits per heavy atom. The van der Waals surface area contributed by atoms with Crippen LogP contribution in [-0.2, 0) is 6.42 Å². The van der Waals surface area contributed by atoms with Crippen LogP contribution in [0.2, 0.25) is 0 Å². The molecule has 0 aliphatic heterocycles. The van der Waals surface area contributed by atoms with E-state index in [4.69, 9.17) is 18.9 Å². The summed E-state index contributed by atoms with van der Waals surface area (Å²) in [4.78, 5) is 0. The molecular weight excluding hydrogens is 316 g/mol. The lowest BCUT2D eigenvalue weighted by Crippen LogP contribution is -2.07. The van der Waals surface area contributed by atoms with E-state index in [0.29, 0.717) is 0 Å². The third kappa shape index (κ3) is 3.29. The first-order valence-corrected chi connectivity index (χ1v) is 8.36. The van der Waals surface area contributed by atoms with Gasteiger partial charge in [0.1, 0.15) is 0 Å². The molecule has 2 aromatic rings. The van der Waals surface area contributed by atoms with Crippen LogP contribution in [0.5, 0.6) is 23.0 Å². The highest BCUT2D eigenvalue weighted by Gasteiger charge is 2.19. The van der Waals surface area contributed by atoms with Crippen molar-refractivity contribution in [2.45, 2.75) is 26.4 Å². The molecule has 2 aromatic carbocycles. The van der Waals surface area contributed by atoms with E-state index in [-0.39, 0.29) is 6.10 Å². The van der Waals surface area contributed by atoms with E-state index in [9.17, 15) is 0 Å². The number of benzene rings is 2. The minimum absolute atomic E-state index is 0.0864. The maximum atomic E-state index is 5.90. The fraction of sp³-hybridized carbons (Fsp3) is 0.333. The number of ether oxygens (including phenoxy) is 4. The molecular formula is C21H24O4. The molecule has 0 saturated carbocycles. The summed E-state index contributed by atoms with van der Waals surface area (Å²) in [5, 5.41) is 0. The topological polar surface area (TPSA) is 36.9 Å². The van der Waals surface area contributed by atoms with E-state index in [1.807, 2.05) is 26.0 Å². The maximum absolute atomic E-state index is 5.90. The predicted molar refractivity (Wildman–Crippen MR) is 100 cm³/mol. The predicted octanol–water partition coefficient (Wildman–Crippen LogP) is 4.57. The van der Waals surface area contributed by atoms with Gasteiger partial charge in [0.15, 0.2) is 23.0 Å². The van der Waals surface area contributed by atoms with Crippen LogP contribution in [0.25, 0.3) is 12.2 Å². The van der Waals surface area contributed by atoms with Gasteiger partial charge in [-0.3, -0.25) is 0 Å². The van der Waals surface area contributed by atoms with Crippen molar-refractivity contribution in [2.75, 3.05) is 21.3 Å². The molecule has 0 N–H and O–H groups in total. The number of rotatable bonds is 5. The quantitative estimate of drug-likeness (QED) is 0.681. The Morgan fingerprint density at radius 1 is 0.800 bits per heavy atom. The van der Waals surface area contributed by atoms with E-state index >= 15 is 0 Å². The van der Waals surface area contributed by atoms with Gasteiger partial charge in [-0.25, -0.2) is 0 Å². The Bertz CT molecular complexity index is 806. The fourth-order valence-corrected chi connectivity index (χ4v) is 3.14. The zero-order valence-electron chi connectivity index (χ0n) is 15.4. The molecule has 0 bridgehead atoms. The van der Waals surface area contributed by atoms with Crippen molar-refractivity contribution in [2.24, 2.45) is 0 Å². The lowest BCUT2D eigenvalue weighted by Gasteiger charge is -2.17. The van der Waals surface area contributed by atoms with Crippen molar-refractivity contribution in [3.05, 3.63) is 46.5 Å². The van der Waals surface area contributed by atoms with Crippen molar-refractivity contribution in [3.8, 4) is 23.0 Å². The van der Waals surface area contributed by atoms with E-state index in [2.05, 4.69) is 24.3 Å². The van der Waals surface area contributed by atoms with Gasteiger partial charge >= 0.3 is 0 Å². The average molecular weight is 340 g/mol. The zero-order chi connectivity index (χ0) is 18.0. The number of hydrogen-bond acceptors (Lipinski definition) is 4. The molecule has 1 aliphatic rings. The van der Waals surface area contributed by atoms with E-state index in [0.717, 1.165) is 40.5 Å². The highest BCUT2D eigenvalue weighted by atomic mass is 16.5. The summed E-state index contributed by atoms with van der Waals surface area (Å²) in [6.45, 7) is 4.02. The molecule has 0 unspecified atom stereocenters. The van der Waals surface area contributed by atoms with Gasteiger partial charge in [0.2, 0.25) is 0 Å². The second-order valence-electron chi connectivity index (χ2n) is 6.25. The second kappa shape index (κ2) is 7.09. The van der Waals surface area contributed by atoms with Crippen LogP contribution >= 0.6 is 0 Å². The molecule has 0 amide bonds. The molecule has 0 aromatic heterocycles. The van der Waals surface area contributed by atoms with Gasteiger partial charge in [0.25, 0.3) is 0 Å². The van der Waals surface area contributed by atoms with Crippen LogP contribution < -0.4 is 18.9 Å². The summed E-state index contributed by atoms with van der Waals surface area (Å²) in [6.07, 6.45) is 5.04. The largest absolute Gasteiger partial charge is 0.493 e. The molecule has 0 saturated heterocycles. The van der Waals surface area contributed by atoms with Gasteiger partial charge in [-0.2, -0.15) is 0 Å². The van der Waals surface area contributed by atoms with Crippen molar-refractivity contribution in [1.29, 1.82) is 0 Å². The van der Waals surface area contributed by atoms with Gasteiger partial charge in [0.05, 0.1) is 27.4 Å². The Morgan fingerprint density at radius 2 is 1.56 bits per heavy atom. The molecule has 1 aliphatic carbocycles.